The number of hydrogen-bond donors (Lipinski definition) is 2. The molecule has 0 aliphatic carbocycles. The largest absolute Gasteiger partial charge is 0.464 e. The number of nitrogens with two attached hydrogens (primary N) is 1. The summed E-state index contributed by atoms with van der Waals surface area (Å²) in [6, 6.07) is 0. The first-order valence-corrected chi connectivity index (χ1v) is 4.11. The van der Waals surface area contributed by atoms with Crippen LogP contribution in [0.2, 0.25) is 0 Å². The average Bonchev–Trinajstić information content (AvgIpc) is 2.34. The quantitative estimate of drug-likeness (QED) is 0.438. The van der Waals surface area contributed by atoms with Gasteiger partial charge in [-0.2, -0.15) is 5.01 Å². The Kier molecular flexibility index (Phi) is 2.42. The van der Waals surface area contributed by atoms with E-state index in [1.807, 2.05) is 0 Å². The number of hydrogen-bond acceptors (Lipinski definition) is 4. The number of aromatic nitrogens is 1. The highest BCUT2D eigenvalue weighted by Crippen LogP contribution is 2.24. The third-order valence-electron chi connectivity index (χ3n) is 0.877. The Morgan fingerprint density at radius 3 is 2.91 bits per heavy atom. The number of carboxylic acid groups (broad SMARTS) is 1. The highest BCUT2D eigenvalue weighted by Gasteiger charge is 2.12. The molecule has 0 aliphatic heterocycles. The summed E-state index contributed by atoms with van der Waals surface area (Å²) in [5.74, 6) is 5.11. The number of halogens is 1. The van der Waals surface area contributed by atoms with E-state index in [1.165, 1.54) is 6.20 Å². The molecule has 0 spiro atoms. The molecule has 0 atom stereocenters. The number of amides is 1. The summed E-state index contributed by atoms with van der Waals surface area (Å²) in [5.41, 5.74) is 0. The van der Waals surface area contributed by atoms with E-state index in [-0.39, 0.29) is 5.13 Å². The number of thiazole rings is 1. The van der Waals surface area contributed by atoms with Crippen LogP contribution in [0.5, 0.6) is 0 Å². The molecular formula is C4H4BrN3O2S. The number of hydrazine groups is 1. The van der Waals surface area contributed by atoms with Gasteiger partial charge in [-0.05, 0) is 15.9 Å². The Labute approximate surface area is 74.5 Å². The maximum Gasteiger partial charge on any atom is 0.428 e. The molecule has 1 heterocycles. The van der Waals surface area contributed by atoms with Crippen LogP contribution in [0.3, 0.4) is 0 Å². The van der Waals surface area contributed by atoms with Crippen molar-refractivity contribution in [3.63, 3.8) is 0 Å². The standard InChI is InChI=1S/C4H4BrN3O2S/c5-2-1-7-3(11-2)8(6)4(9)10/h1H,6H2,(H,9,10). The molecule has 5 nitrogen and oxygen atoms in total. The molecule has 7 heteroatoms. The van der Waals surface area contributed by atoms with E-state index in [1.54, 1.807) is 0 Å². The lowest BCUT2D eigenvalue weighted by molar-refractivity contribution is 0.202. The van der Waals surface area contributed by atoms with Crippen LogP contribution in [0.25, 0.3) is 0 Å². The van der Waals surface area contributed by atoms with Crippen LogP contribution in [0.15, 0.2) is 9.98 Å². The molecule has 0 saturated carbocycles. The molecule has 1 rings (SSSR count). The molecule has 0 unspecified atom stereocenters. The first-order chi connectivity index (χ1) is 5.11. The van der Waals surface area contributed by atoms with E-state index < -0.39 is 6.09 Å². The molecule has 0 saturated heterocycles. The smallest absolute Gasteiger partial charge is 0.428 e. The lowest BCUT2D eigenvalue weighted by Gasteiger charge is -2.05. The van der Waals surface area contributed by atoms with Gasteiger partial charge in [-0.3, -0.25) is 0 Å². The van der Waals surface area contributed by atoms with Crippen molar-refractivity contribution >= 4 is 38.5 Å². The molecule has 0 fully saturated rings. The van der Waals surface area contributed by atoms with E-state index in [9.17, 15) is 4.79 Å². The van der Waals surface area contributed by atoms with Crippen molar-refractivity contribution in [1.82, 2.24) is 4.98 Å². The van der Waals surface area contributed by atoms with Crippen molar-refractivity contribution in [3.05, 3.63) is 9.98 Å². The van der Waals surface area contributed by atoms with Crippen molar-refractivity contribution in [3.8, 4) is 0 Å². The van der Waals surface area contributed by atoms with Gasteiger partial charge in [0, 0.05) is 0 Å². The Balaban J connectivity index is 2.84. The number of nitrogens with zero attached hydrogens (tertiary/aromatic N) is 2. The molecule has 0 radical (unpaired) electrons. The minimum Gasteiger partial charge on any atom is -0.464 e. The van der Waals surface area contributed by atoms with E-state index in [2.05, 4.69) is 20.9 Å². The van der Waals surface area contributed by atoms with Gasteiger partial charge in [-0.15, -0.1) is 0 Å². The minimum atomic E-state index is -1.23. The fraction of sp³-hybridized carbons (Fsp3) is 0. The van der Waals surface area contributed by atoms with Crippen LogP contribution in [0.4, 0.5) is 9.93 Å². The van der Waals surface area contributed by atoms with E-state index in [4.69, 9.17) is 10.9 Å². The van der Waals surface area contributed by atoms with E-state index in [0.717, 1.165) is 15.1 Å². The normalized spacial score (nSPS) is 9.64. The molecule has 0 aromatic carbocycles. The molecule has 60 valence electrons. The zero-order valence-electron chi connectivity index (χ0n) is 5.19. The van der Waals surface area contributed by atoms with Gasteiger partial charge in [-0.25, -0.2) is 15.6 Å². The summed E-state index contributed by atoms with van der Waals surface area (Å²) >= 11 is 4.28. The van der Waals surface area contributed by atoms with Gasteiger partial charge in [-0.1, -0.05) is 11.3 Å². The van der Waals surface area contributed by atoms with Gasteiger partial charge < -0.3 is 5.11 Å². The van der Waals surface area contributed by atoms with Crippen molar-refractivity contribution in [2.45, 2.75) is 0 Å². The van der Waals surface area contributed by atoms with Gasteiger partial charge in [0.15, 0.2) is 0 Å². The van der Waals surface area contributed by atoms with Crippen LogP contribution in [-0.4, -0.2) is 16.2 Å². The van der Waals surface area contributed by atoms with Gasteiger partial charge in [0.05, 0.1) is 9.98 Å². The van der Waals surface area contributed by atoms with Crippen LogP contribution in [-0.2, 0) is 0 Å². The number of anilines is 1. The second-order valence-electron chi connectivity index (χ2n) is 1.60. The summed E-state index contributed by atoms with van der Waals surface area (Å²) in [5, 5.41) is 9.20. The van der Waals surface area contributed by atoms with Crippen molar-refractivity contribution in [2.75, 3.05) is 5.01 Å². The Bertz CT molecular complexity index is 276. The zero-order chi connectivity index (χ0) is 8.43. The third-order valence-corrected chi connectivity index (χ3v) is 2.35. The number of rotatable bonds is 1. The fourth-order valence-electron chi connectivity index (χ4n) is 0.439. The molecular weight excluding hydrogens is 234 g/mol. The van der Waals surface area contributed by atoms with Gasteiger partial charge in [0.2, 0.25) is 5.13 Å². The lowest BCUT2D eigenvalue weighted by Crippen LogP contribution is -2.35. The molecule has 0 bridgehead atoms. The molecule has 1 amide bonds. The van der Waals surface area contributed by atoms with E-state index >= 15 is 0 Å². The molecule has 3 N–H and O–H groups in total. The number of carbonyl (C=O) groups is 1. The van der Waals surface area contributed by atoms with Gasteiger partial charge in [0.1, 0.15) is 0 Å². The van der Waals surface area contributed by atoms with Gasteiger partial charge in [0.25, 0.3) is 0 Å². The maximum atomic E-state index is 10.3. The highest BCUT2D eigenvalue weighted by molar-refractivity contribution is 9.11. The van der Waals surface area contributed by atoms with Gasteiger partial charge >= 0.3 is 6.09 Å². The molecule has 11 heavy (non-hydrogen) atoms. The first-order valence-electron chi connectivity index (χ1n) is 2.50. The van der Waals surface area contributed by atoms with Crippen LogP contribution < -0.4 is 10.9 Å². The van der Waals surface area contributed by atoms with Crippen molar-refractivity contribution in [1.29, 1.82) is 0 Å². The Hall–Kier alpha value is -0.660. The van der Waals surface area contributed by atoms with Crippen molar-refractivity contribution in [2.24, 2.45) is 5.84 Å². The first kappa shape index (κ1) is 8.44. The van der Waals surface area contributed by atoms with Crippen LogP contribution in [0.1, 0.15) is 0 Å². The predicted molar refractivity (Wildman–Crippen MR) is 44.5 cm³/mol. The molecule has 0 aliphatic rings. The average molecular weight is 238 g/mol. The Morgan fingerprint density at radius 1 is 1.91 bits per heavy atom. The maximum absolute atomic E-state index is 10.3. The predicted octanol–water partition coefficient (Wildman–Crippen LogP) is 1.26. The SMILES string of the molecule is NN(C(=O)O)c1ncc(Br)s1. The van der Waals surface area contributed by atoms with Crippen LogP contribution in [0, 0.1) is 0 Å². The summed E-state index contributed by atoms with van der Waals surface area (Å²) in [7, 11) is 0. The van der Waals surface area contributed by atoms with Crippen molar-refractivity contribution < 1.29 is 9.90 Å². The summed E-state index contributed by atoms with van der Waals surface area (Å²) < 4.78 is 0.740. The lowest BCUT2D eigenvalue weighted by atomic mass is 10.9. The third kappa shape index (κ3) is 1.88. The molecule has 1 aromatic heterocycles. The second kappa shape index (κ2) is 3.16. The monoisotopic (exact) mass is 237 g/mol. The summed E-state index contributed by atoms with van der Waals surface area (Å²) in [4.78, 5) is 14.0. The van der Waals surface area contributed by atoms with E-state index in [0.29, 0.717) is 5.01 Å². The highest BCUT2D eigenvalue weighted by atomic mass is 79.9. The summed E-state index contributed by atoms with van der Waals surface area (Å²) in [6.45, 7) is 0. The zero-order valence-corrected chi connectivity index (χ0v) is 7.59. The topological polar surface area (TPSA) is 79.5 Å². The Morgan fingerprint density at radius 2 is 2.55 bits per heavy atom. The molecule has 1 aromatic rings. The second-order valence-corrected chi connectivity index (χ2v) is 3.99. The van der Waals surface area contributed by atoms with Crippen LogP contribution >= 0.6 is 27.3 Å². The fourth-order valence-corrected chi connectivity index (χ4v) is 1.54. The minimum absolute atomic E-state index is 0.240. The summed E-state index contributed by atoms with van der Waals surface area (Å²) in [6.07, 6.45) is 0.259.